The lowest BCUT2D eigenvalue weighted by atomic mass is 10.1. The van der Waals surface area contributed by atoms with Crippen molar-refractivity contribution in [2.45, 2.75) is 31.7 Å². The summed E-state index contributed by atoms with van der Waals surface area (Å²) in [5, 5.41) is 11.9. The molecule has 26 heavy (non-hydrogen) atoms. The molecule has 1 fully saturated rings. The molecule has 4 rings (SSSR count). The Bertz CT molecular complexity index is 740. The topological polar surface area (TPSA) is 72.3 Å². The van der Waals surface area contributed by atoms with Crippen LogP contribution in [-0.4, -0.2) is 57.9 Å². The van der Waals surface area contributed by atoms with E-state index in [1.807, 2.05) is 35.2 Å². The molecule has 0 saturated carbocycles. The van der Waals surface area contributed by atoms with Crippen molar-refractivity contribution in [3.8, 4) is 11.4 Å². The Morgan fingerprint density at radius 1 is 1.19 bits per heavy atom. The van der Waals surface area contributed by atoms with Crippen LogP contribution in [0.15, 0.2) is 30.3 Å². The highest BCUT2D eigenvalue weighted by Crippen LogP contribution is 2.22. The van der Waals surface area contributed by atoms with Crippen molar-refractivity contribution < 1.29 is 9.53 Å². The van der Waals surface area contributed by atoms with Gasteiger partial charge in [0, 0.05) is 32.3 Å². The molecule has 0 aliphatic carbocycles. The summed E-state index contributed by atoms with van der Waals surface area (Å²) in [7, 11) is 1.69. The number of methoxy groups -OCH3 is 1. The molecule has 0 spiro atoms. The normalized spacial score (nSPS) is 21.5. The maximum absolute atomic E-state index is 12.7. The van der Waals surface area contributed by atoms with Gasteiger partial charge in [0.15, 0.2) is 11.6 Å². The van der Waals surface area contributed by atoms with Gasteiger partial charge in [0.05, 0.1) is 18.7 Å². The summed E-state index contributed by atoms with van der Waals surface area (Å²) in [6.45, 7) is 2.64. The highest BCUT2D eigenvalue weighted by Gasteiger charge is 2.34. The summed E-state index contributed by atoms with van der Waals surface area (Å²) < 4.78 is 7.44. The van der Waals surface area contributed by atoms with E-state index in [0.717, 1.165) is 36.7 Å². The third-order valence-electron chi connectivity index (χ3n) is 4.82. The quantitative estimate of drug-likeness (QED) is 0.846. The van der Waals surface area contributed by atoms with Crippen LogP contribution in [0.2, 0.25) is 0 Å². The van der Waals surface area contributed by atoms with Gasteiger partial charge in [-0.05, 0) is 6.42 Å². The van der Waals surface area contributed by atoms with Gasteiger partial charge in [-0.1, -0.05) is 30.3 Å². The third kappa shape index (κ3) is 3.86. The molecule has 0 unspecified atom stereocenters. The minimum Gasteiger partial charge on any atom is -0.380 e. The van der Waals surface area contributed by atoms with Crippen molar-refractivity contribution in [1.82, 2.24) is 25.0 Å². The van der Waals surface area contributed by atoms with Gasteiger partial charge >= 0.3 is 0 Å². The summed E-state index contributed by atoms with van der Waals surface area (Å²) in [6, 6.07) is 9.88. The van der Waals surface area contributed by atoms with Crippen LogP contribution < -0.4 is 5.32 Å². The summed E-state index contributed by atoms with van der Waals surface area (Å²) in [5.41, 5.74) is 1.05. The van der Waals surface area contributed by atoms with Gasteiger partial charge < -0.3 is 19.5 Å². The van der Waals surface area contributed by atoms with Crippen molar-refractivity contribution in [2.75, 3.05) is 20.2 Å². The van der Waals surface area contributed by atoms with Gasteiger partial charge in [0.1, 0.15) is 0 Å². The molecule has 142 valence electrons. The predicted molar refractivity (Wildman–Crippen MR) is 103 cm³/mol. The van der Waals surface area contributed by atoms with Crippen LogP contribution in [0, 0.1) is 0 Å². The first-order chi connectivity index (χ1) is 11.8. The molecule has 9 heteroatoms. The number of nitrogens with zero attached hydrogens (tertiary/aromatic N) is 4. The van der Waals surface area contributed by atoms with Crippen LogP contribution in [0.25, 0.3) is 11.4 Å². The first-order valence-electron chi connectivity index (χ1n) is 8.28. The summed E-state index contributed by atoms with van der Waals surface area (Å²) in [6.07, 6.45) is 0.852. The van der Waals surface area contributed by atoms with Gasteiger partial charge in [-0.15, -0.1) is 35.0 Å². The predicted octanol–water partition coefficient (Wildman–Crippen LogP) is 1.51. The molecule has 2 atom stereocenters. The molecular formula is C17H23Cl2N5O2. The van der Waals surface area contributed by atoms with Crippen molar-refractivity contribution in [3.63, 3.8) is 0 Å². The van der Waals surface area contributed by atoms with Crippen LogP contribution in [0.5, 0.6) is 0 Å². The largest absolute Gasteiger partial charge is 0.380 e. The summed E-state index contributed by atoms with van der Waals surface area (Å²) >= 11 is 0. The molecule has 1 N–H and O–H groups in total. The molecule has 2 aliphatic rings. The number of aromatic nitrogens is 3. The van der Waals surface area contributed by atoms with E-state index in [1.54, 1.807) is 7.11 Å². The Hall–Kier alpha value is -1.67. The van der Waals surface area contributed by atoms with E-state index in [4.69, 9.17) is 4.74 Å². The van der Waals surface area contributed by atoms with Crippen LogP contribution >= 0.6 is 24.8 Å². The molecule has 3 heterocycles. The lowest BCUT2D eigenvalue weighted by Gasteiger charge is -2.30. The summed E-state index contributed by atoms with van der Waals surface area (Å²) in [5.74, 6) is 1.84. The molecule has 2 aliphatic heterocycles. The van der Waals surface area contributed by atoms with E-state index in [2.05, 4.69) is 20.1 Å². The zero-order valence-corrected chi connectivity index (χ0v) is 16.1. The van der Waals surface area contributed by atoms with Gasteiger partial charge in [0.2, 0.25) is 5.91 Å². The maximum Gasteiger partial charge on any atom is 0.240 e. The number of ether oxygens (including phenoxy) is 1. The van der Waals surface area contributed by atoms with Crippen molar-refractivity contribution in [1.29, 1.82) is 0 Å². The fourth-order valence-corrected chi connectivity index (χ4v) is 3.44. The number of hydrogen-bond acceptors (Lipinski definition) is 5. The molecule has 0 radical (unpaired) electrons. The van der Waals surface area contributed by atoms with Crippen LogP contribution in [0.4, 0.5) is 0 Å². The first-order valence-corrected chi connectivity index (χ1v) is 8.28. The van der Waals surface area contributed by atoms with E-state index in [0.29, 0.717) is 13.1 Å². The molecule has 1 aromatic heterocycles. The van der Waals surface area contributed by atoms with E-state index in [-0.39, 0.29) is 42.9 Å². The van der Waals surface area contributed by atoms with Gasteiger partial charge in [0.25, 0.3) is 0 Å². The Morgan fingerprint density at radius 2 is 1.96 bits per heavy atom. The van der Waals surface area contributed by atoms with Gasteiger partial charge in [-0.2, -0.15) is 0 Å². The van der Waals surface area contributed by atoms with E-state index in [9.17, 15) is 4.79 Å². The number of nitrogens with one attached hydrogen (secondary N) is 1. The molecule has 0 bridgehead atoms. The van der Waals surface area contributed by atoms with Gasteiger partial charge in [-0.3, -0.25) is 4.79 Å². The monoisotopic (exact) mass is 399 g/mol. The first kappa shape index (κ1) is 20.6. The second kappa shape index (κ2) is 8.81. The minimum atomic E-state index is -0.155. The fourth-order valence-electron chi connectivity index (χ4n) is 3.44. The average Bonchev–Trinajstić information content (AvgIpc) is 3.28. The van der Waals surface area contributed by atoms with E-state index >= 15 is 0 Å². The number of amides is 1. The number of carbonyl (C=O) groups is 1. The second-order valence-electron chi connectivity index (χ2n) is 6.27. The van der Waals surface area contributed by atoms with E-state index < -0.39 is 0 Å². The fraction of sp³-hybridized carbons (Fsp3) is 0.471. The molecule has 2 aromatic rings. The second-order valence-corrected chi connectivity index (χ2v) is 6.27. The third-order valence-corrected chi connectivity index (χ3v) is 4.82. The number of carbonyl (C=O) groups excluding carboxylic acids is 1. The molecule has 1 amide bonds. The molecule has 1 saturated heterocycles. The average molecular weight is 400 g/mol. The number of fused-ring (bicyclic) bond motifs is 1. The van der Waals surface area contributed by atoms with Gasteiger partial charge in [-0.25, -0.2) is 0 Å². The lowest BCUT2D eigenvalue weighted by Crippen LogP contribution is -2.46. The highest BCUT2D eigenvalue weighted by molar-refractivity contribution is 5.85. The number of hydrogen-bond donors (Lipinski definition) is 1. The Balaban J connectivity index is 0.00000121. The Morgan fingerprint density at radius 3 is 2.65 bits per heavy atom. The van der Waals surface area contributed by atoms with Crippen LogP contribution in [-0.2, 0) is 22.6 Å². The molecule has 7 nitrogen and oxygen atoms in total. The van der Waals surface area contributed by atoms with Crippen molar-refractivity contribution in [2.24, 2.45) is 0 Å². The highest BCUT2D eigenvalue weighted by atomic mass is 35.5. The molecule has 1 aromatic carbocycles. The zero-order valence-electron chi connectivity index (χ0n) is 14.5. The SMILES string of the molecule is CO[C@@H]1CN[C@H](C(=O)N2CCn3c(nnc3-c3ccccc3)C2)C1.Cl.Cl. The smallest absolute Gasteiger partial charge is 0.240 e. The lowest BCUT2D eigenvalue weighted by molar-refractivity contribution is -0.134. The minimum absolute atomic E-state index is 0. The van der Waals surface area contributed by atoms with Crippen LogP contribution in [0.3, 0.4) is 0 Å². The zero-order chi connectivity index (χ0) is 16.5. The van der Waals surface area contributed by atoms with Crippen molar-refractivity contribution in [3.05, 3.63) is 36.2 Å². The number of benzene rings is 1. The Labute approximate surface area is 164 Å². The van der Waals surface area contributed by atoms with Crippen molar-refractivity contribution >= 4 is 30.7 Å². The standard InChI is InChI=1S/C17H21N5O2.2ClH/c1-24-13-9-14(18-10-13)17(23)21-7-8-22-15(11-21)19-20-16(22)12-5-3-2-4-6-12;;/h2-6,13-14,18H,7-11H2,1H3;2*1H/t13-,14-;;/m0../s1. The maximum atomic E-state index is 12.7. The Kier molecular flexibility index (Phi) is 7.00. The number of halogens is 2. The molecular weight excluding hydrogens is 377 g/mol. The van der Waals surface area contributed by atoms with Crippen LogP contribution in [0.1, 0.15) is 12.2 Å². The van der Waals surface area contributed by atoms with E-state index in [1.165, 1.54) is 0 Å². The number of rotatable bonds is 3. The summed E-state index contributed by atoms with van der Waals surface area (Å²) in [4.78, 5) is 14.6.